The minimum atomic E-state index is 0.987. The highest BCUT2D eigenvalue weighted by Crippen LogP contribution is 2.22. The first-order valence-corrected chi connectivity index (χ1v) is 5.37. The minimum absolute atomic E-state index is 0.987. The lowest BCUT2D eigenvalue weighted by Crippen LogP contribution is -1.86. The molecule has 0 unspecified atom stereocenters. The van der Waals surface area contributed by atoms with Gasteiger partial charge in [-0.3, -0.25) is 0 Å². The number of benzene rings is 1. The van der Waals surface area contributed by atoms with Crippen molar-refractivity contribution >= 4 is 11.8 Å². The zero-order valence-corrected chi connectivity index (χ0v) is 8.36. The summed E-state index contributed by atoms with van der Waals surface area (Å²) in [5.41, 5.74) is 1.44. The molecule has 0 atom stereocenters. The topological polar surface area (TPSA) is 0 Å². The highest BCUT2D eigenvalue weighted by molar-refractivity contribution is 7.99. The van der Waals surface area contributed by atoms with Crippen LogP contribution in [0.1, 0.15) is 18.9 Å². The molecule has 12 heavy (non-hydrogen) atoms. The molecule has 65 valence electrons. The second-order valence-corrected chi connectivity index (χ2v) is 3.95. The van der Waals surface area contributed by atoms with Gasteiger partial charge in [-0.25, -0.2) is 0 Å². The summed E-state index contributed by atoms with van der Waals surface area (Å²) in [6.45, 7) is 6.06. The van der Waals surface area contributed by atoms with Gasteiger partial charge in [0.15, 0.2) is 0 Å². The van der Waals surface area contributed by atoms with Crippen LogP contribution >= 0.6 is 11.8 Å². The normalized spacial score (nSPS) is 10.2. The summed E-state index contributed by atoms with van der Waals surface area (Å²) in [5.74, 6) is 1.15. The highest BCUT2D eigenvalue weighted by atomic mass is 32.2. The van der Waals surface area contributed by atoms with Crippen molar-refractivity contribution in [2.75, 3.05) is 5.75 Å². The SMILES string of the molecule is [CH2]CCc1ccccc1SCC. The Kier molecular flexibility index (Phi) is 4.23. The lowest BCUT2D eigenvalue weighted by molar-refractivity contribution is 0.968. The Morgan fingerprint density at radius 3 is 2.75 bits per heavy atom. The molecular formula is C11H15S. The van der Waals surface area contributed by atoms with E-state index in [9.17, 15) is 0 Å². The van der Waals surface area contributed by atoms with Gasteiger partial charge in [-0.15, -0.1) is 11.8 Å². The fourth-order valence-corrected chi connectivity index (χ4v) is 2.04. The number of aryl methyl sites for hydroxylation is 1. The van der Waals surface area contributed by atoms with Crippen LogP contribution in [-0.4, -0.2) is 5.75 Å². The fourth-order valence-electron chi connectivity index (χ4n) is 1.20. The van der Waals surface area contributed by atoms with E-state index in [-0.39, 0.29) is 0 Å². The van der Waals surface area contributed by atoms with Crippen LogP contribution in [0.25, 0.3) is 0 Å². The molecule has 0 saturated heterocycles. The van der Waals surface area contributed by atoms with E-state index < -0.39 is 0 Å². The van der Waals surface area contributed by atoms with Crippen molar-refractivity contribution in [1.29, 1.82) is 0 Å². The molecule has 1 rings (SSSR count). The molecule has 0 saturated carbocycles. The first-order chi connectivity index (χ1) is 5.88. The van der Waals surface area contributed by atoms with Crippen LogP contribution in [0.3, 0.4) is 0 Å². The molecule has 0 heterocycles. The van der Waals surface area contributed by atoms with Crippen molar-refractivity contribution in [2.45, 2.75) is 24.7 Å². The molecule has 0 fully saturated rings. The summed E-state index contributed by atoms with van der Waals surface area (Å²) >= 11 is 1.91. The molecule has 0 aliphatic heterocycles. The summed E-state index contributed by atoms with van der Waals surface area (Å²) in [5, 5.41) is 0. The van der Waals surface area contributed by atoms with Crippen molar-refractivity contribution in [3.8, 4) is 0 Å². The molecule has 0 amide bonds. The van der Waals surface area contributed by atoms with Crippen LogP contribution in [-0.2, 0) is 6.42 Å². The standard InChI is InChI=1S/C11H15S/c1-3-7-10-8-5-6-9-11(10)12-4-2/h5-6,8-9H,1,3-4,7H2,2H3. The largest absolute Gasteiger partial charge is 0.126 e. The van der Waals surface area contributed by atoms with Crippen molar-refractivity contribution in [1.82, 2.24) is 0 Å². The summed E-state index contributed by atoms with van der Waals surface area (Å²) in [4.78, 5) is 1.42. The molecule has 0 aromatic heterocycles. The molecular weight excluding hydrogens is 164 g/mol. The van der Waals surface area contributed by atoms with E-state index in [1.54, 1.807) is 0 Å². The molecule has 1 heteroatoms. The summed E-state index contributed by atoms with van der Waals surface area (Å²) in [7, 11) is 0. The summed E-state index contributed by atoms with van der Waals surface area (Å²) < 4.78 is 0. The second kappa shape index (κ2) is 5.26. The lowest BCUT2D eigenvalue weighted by atomic mass is 10.1. The summed E-state index contributed by atoms with van der Waals surface area (Å²) in [6, 6.07) is 8.59. The fraction of sp³-hybridized carbons (Fsp3) is 0.364. The Morgan fingerprint density at radius 2 is 2.08 bits per heavy atom. The van der Waals surface area contributed by atoms with E-state index in [1.165, 1.54) is 10.5 Å². The molecule has 0 aliphatic rings. The van der Waals surface area contributed by atoms with Crippen LogP contribution < -0.4 is 0 Å². The van der Waals surface area contributed by atoms with E-state index >= 15 is 0 Å². The van der Waals surface area contributed by atoms with Gasteiger partial charge < -0.3 is 0 Å². The molecule has 0 bridgehead atoms. The van der Waals surface area contributed by atoms with Gasteiger partial charge in [0.25, 0.3) is 0 Å². The smallest absolute Gasteiger partial charge is 0.0104 e. The predicted molar refractivity (Wildman–Crippen MR) is 56.5 cm³/mol. The zero-order chi connectivity index (χ0) is 8.81. The second-order valence-electron chi connectivity index (χ2n) is 2.64. The number of rotatable bonds is 4. The maximum absolute atomic E-state index is 3.87. The first kappa shape index (κ1) is 9.66. The van der Waals surface area contributed by atoms with E-state index in [1.807, 2.05) is 11.8 Å². The van der Waals surface area contributed by atoms with Crippen LogP contribution in [0, 0.1) is 6.92 Å². The lowest BCUT2D eigenvalue weighted by Gasteiger charge is -2.05. The van der Waals surface area contributed by atoms with E-state index in [2.05, 4.69) is 38.1 Å². The van der Waals surface area contributed by atoms with Gasteiger partial charge in [-0.05, 0) is 30.2 Å². The van der Waals surface area contributed by atoms with Gasteiger partial charge in [0.2, 0.25) is 0 Å². The van der Waals surface area contributed by atoms with Crippen LogP contribution in [0.5, 0.6) is 0 Å². The predicted octanol–water partition coefficient (Wildman–Crippen LogP) is 3.57. The maximum atomic E-state index is 3.87. The monoisotopic (exact) mass is 179 g/mol. The van der Waals surface area contributed by atoms with Crippen LogP contribution in [0.15, 0.2) is 29.2 Å². The van der Waals surface area contributed by atoms with E-state index in [0.29, 0.717) is 0 Å². The van der Waals surface area contributed by atoms with Gasteiger partial charge >= 0.3 is 0 Å². The van der Waals surface area contributed by atoms with Crippen molar-refractivity contribution < 1.29 is 0 Å². The highest BCUT2D eigenvalue weighted by Gasteiger charge is 1.98. The Labute approximate surface area is 79.4 Å². The molecule has 1 radical (unpaired) electrons. The molecule has 0 spiro atoms. The van der Waals surface area contributed by atoms with Crippen LogP contribution in [0.4, 0.5) is 0 Å². The third-order valence-corrected chi connectivity index (χ3v) is 2.72. The van der Waals surface area contributed by atoms with Gasteiger partial charge in [0, 0.05) is 4.90 Å². The molecule has 0 aliphatic carbocycles. The van der Waals surface area contributed by atoms with E-state index in [0.717, 1.165) is 18.6 Å². The number of thioether (sulfide) groups is 1. The maximum Gasteiger partial charge on any atom is 0.0104 e. The molecule has 1 aromatic carbocycles. The first-order valence-electron chi connectivity index (χ1n) is 4.38. The Hall–Kier alpha value is -0.430. The Morgan fingerprint density at radius 1 is 1.33 bits per heavy atom. The summed E-state index contributed by atoms with van der Waals surface area (Å²) in [6.07, 6.45) is 2.09. The van der Waals surface area contributed by atoms with Gasteiger partial charge in [-0.1, -0.05) is 32.0 Å². The van der Waals surface area contributed by atoms with Crippen molar-refractivity contribution in [3.63, 3.8) is 0 Å². The Bertz CT molecular complexity index is 205. The van der Waals surface area contributed by atoms with Gasteiger partial charge in [0.1, 0.15) is 0 Å². The quantitative estimate of drug-likeness (QED) is 0.637. The average Bonchev–Trinajstić information content (AvgIpc) is 2.09. The van der Waals surface area contributed by atoms with Crippen molar-refractivity contribution in [3.05, 3.63) is 36.8 Å². The van der Waals surface area contributed by atoms with Gasteiger partial charge in [0.05, 0.1) is 0 Å². The van der Waals surface area contributed by atoms with Crippen molar-refractivity contribution in [2.24, 2.45) is 0 Å². The molecule has 0 N–H and O–H groups in total. The third kappa shape index (κ3) is 2.56. The zero-order valence-electron chi connectivity index (χ0n) is 7.55. The third-order valence-electron chi connectivity index (χ3n) is 1.72. The number of hydrogen-bond acceptors (Lipinski definition) is 1. The average molecular weight is 179 g/mol. The number of hydrogen-bond donors (Lipinski definition) is 0. The van der Waals surface area contributed by atoms with E-state index in [4.69, 9.17) is 0 Å². The minimum Gasteiger partial charge on any atom is -0.126 e. The Balaban J connectivity index is 2.77. The molecule has 0 nitrogen and oxygen atoms in total. The molecule has 1 aromatic rings. The van der Waals surface area contributed by atoms with Gasteiger partial charge in [-0.2, -0.15) is 0 Å². The van der Waals surface area contributed by atoms with Crippen LogP contribution in [0.2, 0.25) is 0 Å².